The Balaban J connectivity index is 1.69. The van der Waals surface area contributed by atoms with Gasteiger partial charge in [-0.15, -0.1) is 0 Å². The average molecular weight is 497 g/mol. The van der Waals surface area contributed by atoms with E-state index in [-0.39, 0.29) is 31.1 Å². The smallest absolute Gasteiger partial charge is 0.257 e. The molecule has 10 heteroatoms. The van der Waals surface area contributed by atoms with Crippen molar-refractivity contribution in [2.45, 2.75) is 12.6 Å². The van der Waals surface area contributed by atoms with Gasteiger partial charge in [0.2, 0.25) is 5.91 Å². The molecule has 33 heavy (non-hydrogen) atoms. The Bertz CT molecular complexity index is 986. The Kier molecular flexibility index (Phi) is 9.05. The van der Waals surface area contributed by atoms with Crippen LogP contribution in [0.2, 0.25) is 10.0 Å². The van der Waals surface area contributed by atoms with Gasteiger partial charge in [0.1, 0.15) is 5.82 Å². The number of hydrogen-bond donors (Lipinski definition) is 2. The van der Waals surface area contributed by atoms with Gasteiger partial charge < -0.3 is 15.7 Å². The first-order valence-electron chi connectivity index (χ1n) is 10.6. The fourth-order valence-electron chi connectivity index (χ4n) is 3.84. The Labute approximate surface area is 202 Å². The molecule has 1 unspecified atom stereocenters. The molecule has 1 heterocycles. The first-order chi connectivity index (χ1) is 15.7. The van der Waals surface area contributed by atoms with Crippen LogP contribution in [0.4, 0.5) is 4.39 Å². The van der Waals surface area contributed by atoms with Gasteiger partial charge in [-0.1, -0.05) is 41.4 Å². The molecule has 1 saturated heterocycles. The molecule has 2 amide bonds. The number of piperazine rings is 1. The van der Waals surface area contributed by atoms with Crippen LogP contribution in [0.25, 0.3) is 0 Å². The summed E-state index contributed by atoms with van der Waals surface area (Å²) in [6, 6.07) is 10.7. The lowest BCUT2D eigenvalue weighted by molar-refractivity contribution is -0.119. The van der Waals surface area contributed by atoms with Crippen molar-refractivity contribution in [1.82, 2.24) is 14.7 Å². The molecule has 0 bridgehead atoms. The first-order valence-corrected chi connectivity index (χ1v) is 11.4. The molecule has 1 aliphatic heterocycles. The third-order valence-electron chi connectivity index (χ3n) is 5.51. The highest BCUT2D eigenvalue weighted by Gasteiger charge is 2.25. The van der Waals surface area contributed by atoms with Crippen LogP contribution in [0.5, 0.6) is 0 Å². The summed E-state index contributed by atoms with van der Waals surface area (Å²) in [6.07, 6.45) is -0.866. The number of β-amino-alcohol motifs (C(OH)–C–C–N with tert-alkyl or cyclic N) is 1. The van der Waals surface area contributed by atoms with Crippen LogP contribution in [-0.4, -0.2) is 83.5 Å². The molecule has 0 saturated carbocycles. The lowest BCUT2D eigenvalue weighted by atomic mass is 10.1. The molecule has 1 aliphatic rings. The summed E-state index contributed by atoms with van der Waals surface area (Å²) in [6.45, 7) is 3.27. The van der Waals surface area contributed by atoms with Gasteiger partial charge in [-0.25, -0.2) is 4.39 Å². The highest BCUT2D eigenvalue weighted by molar-refractivity contribution is 6.35. The molecule has 178 valence electrons. The molecule has 1 fully saturated rings. The molecule has 3 rings (SSSR count). The van der Waals surface area contributed by atoms with Gasteiger partial charge in [-0.05, 0) is 29.8 Å². The summed E-state index contributed by atoms with van der Waals surface area (Å²) >= 11 is 12.3. The number of nitrogens with two attached hydrogens (primary N) is 1. The van der Waals surface area contributed by atoms with Crippen LogP contribution < -0.4 is 5.73 Å². The number of benzene rings is 2. The van der Waals surface area contributed by atoms with Crippen molar-refractivity contribution in [1.29, 1.82) is 0 Å². The number of rotatable bonds is 9. The number of hydrogen-bond acceptors (Lipinski definition) is 5. The highest BCUT2D eigenvalue weighted by atomic mass is 35.5. The predicted octanol–water partition coefficient (Wildman–Crippen LogP) is 2.24. The lowest BCUT2D eigenvalue weighted by Crippen LogP contribution is -2.51. The van der Waals surface area contributed by atoms with Crippen LogP contribution in [0, 0.1) is 5.82 Å². The van der Waals surface area contributed by atoms with Crippen molar-refractivity contribution in [2.75, 3.05) is 45.8 Å². The normalized spacial score (nSPS) is 15.9. The van der Waals surface area contributed by atoms with E-state index in [0.717, 1.165) is 0 Å². The van der Waals surface area contributed by atoms with Gasteiger partial charge in [0.25, 0.3) is 5.91 Å². The number of carbonyl (C=O) groups excluding carboxylic acids is 2. The van der Waals surface area contributed by atoms with Gasteiger partial charge in [0.05, 0.1) is 18.2 Å². The molecule has 0 spiro atoms. The van der Waals surface area contributed by atoms with E-state index in [4.69, 9.17) is 28.9 Å². The molecule has 7 nitrogen and oxygen atoms in total. The zero-order chi connectivity index (χ0) is 24.0. The summed E-state index contributed by atoms with van der Waals surface area (Å²) in [5.74, 6) is -1.54. The quantitative estimate of drug-likeness (QED) is 0.555. The summed E-state index contributed by atoms with van der Waals surface area (Å²) in [5.41, 5.74) is 5.81. The van der Waals surface area contributed by atoms with E-state index in [9.17, 15) is 19.1 Å². The van der Waals surface area contributed by atoms with Crippen LogP contribution >= 0.6 is 23.2 Å². The minimum Gasteiger partial charge on any atom is -0.390 e. The maximum atomic E-state index is 14.3. The zero-order valence-electron chi connectivity index (χ0n) is 18.1. The van der Waals surface area contributed by atoms with E-state index in [0.29, 0.717) is 48.3 Å². The van der Waals surface area contributed by atoms with Gasteiger partial charge in [0.15, 0.2) is 0 Å². The Morgan fingerprint density at radius 1 is 1.09 bits per heavy atom. The number of aliphatic hydroxyl groups excluding tert-OH is 1. The van der Waals surface area contributed by atoms with Gasteiger partial charge in [-0.3, -0.25) is 19.4 Å². The zero-order valence-corrected chi connectivity index (χ0v) is 19.6. The maximum Gasteiger partial charge on any atom is 0.257 e. The Hall–Kier alpha value is -2.23. The van der Waals surface area contributed by atoms with E-state index in [1.165, 1.54) is 23.1 Å². The second-order valence-electron chi connectivity index (χ2n) is 8.10. The van der Waals surface area contributed by atoms with E-state index in [1.54, 1.807) is 24.3 Å². The first kappa shape index (κ1) is 25.4. The van der Waals surface area contributed by atoms with Crippen LogP contribution in [-0.2, 0) is 11.3 Å². The number of halogens is 3. The minimum absolute atomic E-state index is 0.00633. The second kappa shape index (κ2) is 11.8. The number of primary amides is 1. The van der Waals surface area contributed by atoms with E-state index in [1.807, 2.05) is 4.90 Å². The third kappa shape index (κ3) is 7.38. The lowest BCUT2D eigenvalue weighted by Gasteiger charge is -2.36. The average Bonchev–Trinajstić information content (AvgIpc) is 2.76. The summed E-state index contributed by atoms with van der Waals surface area (Å²) < 4.78 is 14.3. The molecule has 0 aliphatic carbocycles. The Morgan fingerprint density at radius 2 is 1.76 bits per heavy atom. The van der Waals surface area contributed by atoms with Crippen molar-refractivity contribution in [3.8, 4) is 0 Å². The van der Waals surface area contributed by atoms with E-state index in [2.05, 4.69) is 4.90 Å². The largest absolute Gasteiger partial charge is 0.390 e. The standard InChI is InChI=1S/C23H27Cl2FN4O3/c24-17-6-5-16(20(25)11-17)12-30(23(33)19-3-1-2-4-21(19)26)14-18(31)13-28-7-9-29(10-8-28)15-22(27)32/h1-6,11,18,31H,7-10,12-15H2,(H2,27,32). The van der Waals surface area contributed by atoms with Crippen molar-refractivity contribution in [3.05, 3.63) is 69.5 Å². The highest BCUT2D eigenvalue weighted by Crippen LogP contribution is 2.23. The molecule has 2 aromatic carbocycles. The van der Waals surface area contributed by atoms with Gasteiger partial charge in [0, 0.05) is 55.9 Å². The molecule has 0 aromatic heterocycles. The Morgan fingerprint density at radius 3 is 2.39 bits per heavy atom. The van der Waals surface area contributed by atoms with E-state index >= 15 is 0 Å². The van der Waals surface area contributed by atoms with E-state index < -0.39 is 17.8 Å². The monoisotopic (exact) mass is 496 g/mol. The third-order valence-corrected chi connectivity index (χ3v) is 6.10. The van der Waals surface area contributed by atoms with Crippen molar-refractivity contribution in [3.63, 3.8) is 0 Å². The van der Waals surface area contributed by atoms with Crippen LogP contribution in [0.1, 0.15) is 15.9 Å². The van der Waals surface area contributed by atoms with Crippen molar-refractivity contribution < 1.29 is 19.1 Å². The van der Waals surface area contributed by atoms with Gasteiger partial charge >= 0.3 is 0 Å². The molecular weight excluding hydrogens is 470 g/mol. The SMILES string of the molecule is NC(=O)CN1CCN(CC(O)CN(Cc2ccc(Cl)cc2Cl)C(=O)c2ccccc2F)CC1. The number of carbonyl (C=O) groups is 2. The summed E-state index contributed by atoms with van der Waals surface area (Å²) in [5, 5.41) is 11.6. The maximum absolute atomic E-state index is 14.3. The fourth-order valence-corrected chi connectivity index (χ4v) is 4.31. The topological polar surface area (TPSA) is 90.1 Å². The van der Waals surface area contributed by atoms with Crippen molar-refractivity contribution in [2.24, 2.45) is 5.73 Å². The number of nitrogens with zero attached hydrogens (tertiary/aromatic N) is 3. The molecule has 2 aromatic rings. The van der Waals surface area contributed by atoms with Crippen LogP contribution in [0.15, 0.2) is 42.5 Å². The summed E-state index contributed by atoms with van der Waals surface area (Å²) in [7, 11) is 0. The second-order valence-corrected chi connectivity index (χ2v) is 8.94. The van der Waals surface area contributed by atoms with Crippen LogP contribution in [0.3, 0.4) is 0 Å². The van der Waals surface area contributed by atoms with Crippen molar-refractivity contribution >= 4 is 35.0 Å². The van der Waals surface area contributed by atoms with Gasteiger partial charge in [-0.2, -0.15) is 0 Å². The number of aliphatic hydroxyl groups is 1. The number of amides is 2. The molecule has 1 atom stereocenters. The fraction of sp³-hybridized carbons (Fsp3) is 0.391. The molecular formula is C23H27Cl2FN4O3. The summed E-state index contributed by atoms with van der Waals surface area (Å²) in [4.78, 5) is 29.7. The molecule has 3 N–H and O–H groups in total. The minimum atomic E-state index is -0.866. The predicted molar refractivity (Wildman–Crippen MR) is 126 cm³/mol. The molecule has 0 radical (unpaired) electrons.